The minimum absolute atomic E-state index is 0.0284. The number of nitrogens with one attached hydrogen (secondary N) is 1. The Labute approximate surface area is 153 Å². The van der Waals surface area contributed by atoms with Gasteiger partial charge in [-0.25, -0.2) is 4.39 Å². The lowest BCUT2D eigenvalue weighted by atomic mass is 9.64. The van der Waals surface area contributed by atoms with Gasteiger partial charge in [-0.05, 0) is 44.4 Å². The smallest absolute Gasteiger partial charge is 0.230 e. The summed E-state index contributed by atoms with van der Waals surface area (Å²) < 4.78 is 19.2. The van der Waals surface area contributed by atoms with Crippen LogP contribution >= 0.6 is 0 Å². The van der Waals surface area contributed by atoms with E-state index in [4.69, 9.17) is 4.74 Å². The summed E-state index contributed by atoms with van der Waals surface area (Å²) in [6.45, 7) is 5.39. The van der Waals surface area contributed by atoms with Gasteiger partial charge in [-0.2, -0.15) is 0 Å². The third-order valence-electron chi connectivity index (χ3n) is 5.42. The van der Waals surface area contributed by atoms with E-state index in [2.05, 4.69) is 5.32 Å². The Kier molecular flexibility index (Phi) is 5.61. The molecule has 1 saturated carbocycles. The summed E-state index contributed by atoms with van der Waals surface area (Å²) in [5.41, 5.74) is 0.0797. The number of carbonyl (C=O) groups excluding carboxylic acids is 2. The highest BCUT2D eigenvalue weighted by Crippen LogP contribution is 2.44. The Balaban J connectivity index is 1.54. The van der Waals surface area contributed by atoms with Crippen molar-refractivity contribution in [3.05, 3.63) is 35.6 Å². The number of rotatable bonds is 5. The maximum atomic E-state index is 13.6. The predicted octanol–water partition coefficient (Wildman–Crippen LogP) is 2.39. The van der Waals surface area contributed by atoms with Crippen LogP contribution in [-0.2, 0) is 19.7 Å². The van der Waals surface area contributed by atoms with Gasteiger partial charge in [0.2, 0.25) is 11.8 Å². The molecular formula is C20H27FN2O3. The van der Waals surface area contributed by atoms with Gasteiger partial charge in [0, 0.05) is 26.1 Å². The van der Waals surface area contributed by atoms with Crippen molar-refractivity contribution in [3.63, 3.8) is 0 Å². The van der Waals surface area contributed by atoms with Gasteiger partial charge in [-0.3, -0.25) is 9.59 Å². The van der Waals surface area contributed by atoms with Gasteiger partial charge in [0.15, 0.2) is 0 Å². The average molecular weight is 362 g/mol. The topological polar surface area (TPSA) is 58.6 Å². The van der Waals surface area contributed by atoms with E-state index in [1.165, 1.54) is 12.1 Å². The quantitative estimate of drug-likeness (QED) is 0.875. The minimum atomic E-state index is -0.646. The highest BCUT2D eigenvalue weighted by molar-refractivity contribution is 5.89. The molecule has 0 spiro atoms. The molecule has 142 valence electrons. The Bertz CT molecular complexity index is 665. The molecule has 0 bridgehead atoms. The zero-order valence-electron chi connectivity index (χ0n) is 15.5. The van der Waals surface area contributed by atoms with E-state index in [1.807, 2.05) is 19.9 Å². The average Bonchev–Trinajstić information content (AvgIpc) is 2.53. The molecule has 6 heteroatoms. The van der Waals surface area contributed by atoms with Crippen LogP contribution in [0.3, 0.4) is 0 Å². The Hall–Kier alpha value is -1.95. The molecule has 1 aliphatic heterocycles. The highest BCUT2D eigenvalue weighted by Gasteiger charge is 2.45. The summed E-state index contributed by atoms with van der Waals surface area (Å²) in [6, 6.07) is 6.28. The molecule has 2 amide bonds. The summed E-state index contributed by atoms with van der Waals surface area (Å²) in [7, 11) is 0. The molecule has 2 fully saturated rings. The predicted molar refractivity (Wildman–Crippen MR) is 96.1 cm³/mol. The lowest BCUT2D eigenvalue weighted by Gasteiger charge is -2.40. The van der Waals surface area contributed by atoms with Crippen molar-refractivity contribution in [2.45, 2.75) is 57.2 Å². The molecule has 1 saturated heterocycles. The van der Waals surface area contributed by atoms with E-state index in [-0.39, 0.29) is 36.3 Å². The molecule has 0 unspecified atom stereocenters. The monoisotopic (exact) mass is 362 g/mol. The fraction of sp³-hybridized carbons (Fsp3) is 0.600. The van der Waals surface area contributed by atoms with E-state index in [1.54, 1.807) is 11.0 Å². The lowest BCUT2D eigenvalue weighted by Crippen LogP contribution is -2.51. The van der Waals surface area contributed by atoms with E-state index in [9.17, 15) is 14.0 Å². The summed E-state index contributed by atoms with van der Waals surface area (Å²) in [6.07, 6.45) is 2.72. The van der Waals surface area contributed by atoms with Crippen LogP contribution < -0.4 is 5.32 Å². The summed E-state index contributed by atoms with van der Waals surface area (Å²) in [5, 5.41) is 2.90. The van der Waals surface area contributed by atoms with Crippen molar-refractivity contribution in [1.82, 2.24) is 10.2 Å². The highest BCUT2D eigenvalue weighted by atomic mass is 19.1. The Morgan fingerprint density at radius 3 is 2.54 bits per heavy atom. The number of morpholine rings is 1. The summed E-state index contributed by atoms with van der Waals surface area (Å²) >= 11 is 0. The second-order valence-electron chi connectivity index (χ2n) is 7.51. The van der Waals surface area contributed by atoms with Crippen LogP contribution in [0.15, 0.2) is 24.3 Å². The number of carbonyl (C=O) groups is 2. The number of halogens is 1. The number of hydrogen-bond donors (Lipinski definition) is 1. The van der Waals surface area contributed by atoms with Crippen molar-refractivity contribution in [3.8, 4) is 0 Å². The van der Waals surface area contributed by atoms with Crippen molar-refractivity contribution in [2.75, 3.05) is 19.6 Å². The number of hydrogen-bond acceptors (Lipinski definition) is 3. The van der Waals surface area contributed by atoms with Crippen molar-refractivity contribution >= 4 is 11.8 Å². The molecule has 2 aliphatic rings. The maximum absolute atomic E-state index is 13.6. The largest absolute Gasteiger partial charge is 0.372 e. The van der Waals surface area contributed by atoms with Crippen LogP contribution in [0.5, 0.6) is 0 Å². The van der Waals surface area contributed by atoms with Crippen LogP contribution in [0.25, 0.3) is 0 Å². The van der Waals surface area contributed by atoms with Crippen molar-refractivity contribution < 1.29 is 18.7 Å². The van der Waals surface area contributed by atoms with Crippen molar-refractivity contribution in [2.24, 2.45) is 0 Å². The zero-order chi connectivity index (χ0) is 18.7. The lowest BCUT2D eigenvalue weighted by molar-refractivity contribution is -0.143. The first-order valence-corrected chi connectivity index (χ1v) is 9.38. The van der Waals surface area contributed by atoms with Crippen LogP contribution in [0, 0.1) is 5.82 Å². The normalized spacial score (nSPS) is 24.7. The minimum Gasteiger partial charge on any atom is -0.372 e. The molecule has 1 heterocycles. The van der Waals surface area contributed by atoms with Gasteiger partial charge in [-0.15, -0.1) is 0 Å². The molecular weight excluding hydrogens is 335 g/mol. The van der Waals surface area contributed by atoms with E-state index >= 15 is 0 Å². The molecule has 5 nitrogen and oxygen atoms in total. The van der Waals surface area contributed by atoms with E-state index in [0.717, 1.165) is 12.0 Å². The van der Waals surface area contributed by atoms with Gasteiger partial charge >= 0.3 is 0 Å². The Morgan fingerprint density at radius 2 is 1.96 bits per heavy atom. The maximum Gasteiger partial charge on any atom is 0.230 e. The first kappa shape index (κ1) is 18.8. The summed E-state index contributed by atoms with van der Waals surface area (Å²) in [5.74, 6) is -0.404. The van der Waals surface area contributed by atoms with Crippen LogP contribution in [0.2, 0.25) is 0 Å². The fourth-order valence-corrected chi connectivity index (χ4v) is 3.96. The van der Waals surface area contributed by atoms with Crippen LogP contribution in [-0.4, -0.2) is 48.6 Å². The van der Waals surface area contributed by atoms with Gasteiger partial charge in [0.1, 0.15) is 5.82 Å². The van der Waals surface area contributed by atoms with Crippen molar-refractivity contribution in [1.29, 1.82) is 0 Å². The zero-order valence-corrected chi connectivity index (χ0v) is 15.5. The molecule has 1 aromatic carbocycles. The van der Waals surface area contributed by atoms with E-state index in [0.29, 0.717) is 32.5 Å². The standard InChI is InChI=1S/C20H27FN2O3/c1-14-12-23(13-15(2)26-14)18(24)7-10-22-19(25)20(8-4-9-20)16-5-3-6-17(21)11-16/h3,5-6,11,14-15H,4,7-10,12-13H2,1-2H3,(H,22,25)/t14-,15-/m1/s1. The first-order valence-electron chi connectivity index (χ1n) is 9.38. The molecule has 26 heavy (non-hydrogen) atoms. The SMILES string of the molecule is C[C@@H]1CN(C(=O)CCNC(=O)C2(c3cccc(F)c3)CCC2)C[C@@H](C)O1. The molecule has 0 aromatic heterocycles. The molecule has 1 aliphatic carbocycles. The number of amides is 2. The van der Waals surface area contributed by atoms with Gasteiger partial charge in [0.05, 0.1) is 17.6 Å². The van der Waals surface area contributed by atoms with Gasteiger partial charge in [0.25, 0.3) is 0 Å². The molecule has 0 radical (unpaired) electrons. The fourth-order valence-electron chi connectivity index (χ4n) is 3.96. The molecule has 1 N–H and O–H groups in total. The second-order valence-corrected chi connectivity index (χ2v) is 7.51. The first-order chi connectivity index (χ1) is 12.4. The number of benzene rings is 1. The molecule has 3 rings (SSSR count). The van der Waals surface area contributed by atoms with Crippen LogP contribution in [0.4, 0.5) is 4.39 Å². The Morgan fingerprint density at radius 1 is 1.27 bits per heavy atom. The third-order valence-corrected chi connectivity index (χ3v) is 5.42. The molecule has 1 aromatic rings. The van der Waals surface area contributed by atoms with Crippen LogP contribution in [0.1, 0.15) is 45.1 Å². The number of ether oxygens (including phenoxy) is 1. The van der Waals surface area contributed by atoms with Gasteiger partial charge in [-0.1, -0.05) is 18.6 Å². The second kappa shape index (κ2) is 7.74. The third kappa shape index (κ3) is 3.90. The summed E-state index contributed by atoms with van der Waals surface area (Å²) in [4.78, 5) is 26.9. The van der Waals surface area contributed by atoms with Gasteiger partial charge < -0.3 is 15.0 Å². The molecule has 2 atom stereocenters. The van der Waals surface area contributed by atoms with E-state index < -0.39 is 5.41 Å². The number of nitrogens with zero attached hydrogens (tertiary/aromatic N) is 1.